The highest BCUT2D eigenvalue weighted by molar-refractivity contribution is 5.67. The van der Waals surface area contributed by atoms with Crippen molar-refractivity contribution in [3.63, 3.8) is 0 Å². The van der Waals surface area contributed by atoms with Crippen LogP contribution in [0.1, 0.15) is 20.8 Å². The highest BCUT2D eigenvalue weighted by Crippen LogP contribution is 2.22. The fraction of sp³-hybridized carbons (Fsp3) is 0.263. The third kappa shape index (κ3) is 5.53. The number of hydrogen-bond donors (Lipinski definition) is 0. The molecule has 0 saturated carbocycles. The minimum atomic E-state index is -0.838. The first-order chi connectivity index (χ1) is 12.0. The van der Waals surface area contributed by atoms with Crippen LogP contribution in [0.2, 0.25) is 0 Å². The Labute approximate surface area is 146 Å². The summed E-state index contributed by atoms with van der Waals surface area (Å²) in [6.07, 6.45) is -2.18. The molecule has 2 aromatic rings. The Kier molecular flexibility index (Phi) is 6.39. The molecule has 2 aromatic carbocycles. The normalized spacial score (nSPS) is 12.6. The highest BCUT2D eigenvalue weighted by atomic mass is 16.7. The molecule has 6 nitrogen and oxygen atoms in total. The van der Waals surface area contributed by atoms with Gasteiger partial charge in [-0.2, -0.15) is 0 Å². The molecule has 0 fully saturated rings. The molecule has 6 heteroatoms. The van der Waals surface area contributed by atoms with Gasteiger partial charge < -0.3 is 19.1 Å². The van der Waals surface area contributed by atoms with Gasteiger partial charge in [-0.05, 0) is 38.1 Å². The number of carbonyl (C=O) groups excluding carboxylic acids is 2. The smallest absolute Gasteiger partial charge is 0.442 e. The Bertz CT molecular complexity index is 689. The monoisotopic (exact) mass is 343 g/mol. The number of esters is 1. The highest BCUT2D eigenvalue weighted by Gasteiger charge is 2.26. The topological polar surface area (TPSA) is 65.1 Å². The lowest BCUT2D eigenvalue weighted by Crippen LogP contribution is -2.45. The lowest BCUT2D eigenvalue weighted by molar-refractivity contribution is -0.146. The fourth-order valence-electron chi connectivity index (χ4n) is 2.42. The average molecular weight is 343 g/mol. The van der Waals surface area contributed by atoms with E-state index in [1.807, 2.05) is 36.4 Å². The summed E-state index contributed by atoms with van der Waals surface area (Å²) in [5, 5.41) is 0. The Morgan fingerprint density at radius 1 is 0.840 bits per heavy atom. The van der Waals surface area contributed by atoms with Gasteiger partial charge in [0.15, 0.2) is 12.5 Å². The van der Waals surface area contributed by atoms with Crippen LogP contribution in [0.25, 0.3) is 0 Å². The number of para-hydroxylation sites is 2. The zero-order valence-electron chi connectivity index (χ0n) is 14.4. The Hall–Kier alpha value is -3.02. The third-order valence-corrected chi connectivity index (χ3v) is 3.39. The van der Waals surface area contributed by atoms with E-state index >= 15 is 0 Å². The molecule has 0 aromatic heterocycles. The number of benzene rings is 2. The summed E-state index contributed by atoms with van der Waals surface area (Å²) in [6, 6.07) is 17.9. The lowest BCUT2D eigenvalue weighted by Gasteiger charge is -2.34. The predicted molar refractivity (Wildman–Crippen MR) is 93.2 cm³/mol. The molecule has 0 bridgehead atoms. The summed E-state index contributed by atoms with van der Waals surface area (Å²) < 4.78 is 15.7. The van der Waals surface area contributed by atoms with Crippen molar-refractivity contribution < 1.29 is 23.8 Å². The summed E-state index contributed by atoms with van der Waals surface area (Å²) >= 11 is 0. The second kappa shape index (κ2) is 8.73. The van der Waals surface area contributed by atoms with Gasteiger partial charge in [0.2, 0.25) is 0 Å². The molecule has 132 valence electrons. The number of carbonyl (C=O) groups is 2. The predicted octanol–water partition coefficient (Wildman–Crippen LogP) is 3.96. The largest absolute Gasteiger partial charge is 0.515 e. The van der Waals surface area contributed by atoms with Crippen LogP contribution in [0, 0.1) is 0 Å². The van der Waals surface area contributed by atoms with Gasteiger partial charge in [0.25, 0.3) is 0 Å². The minimum Gasteiger partial charge on any atom is -0.442 e. The van der Waals surface area contributed by atoms with Gasteiger partial charge in [-0.15, -0.1) is 0 Å². The van der Waals surface area contributed by atoms with Gasteiger partial charge in [-0.3, -0.25) is 4.79 Å². The summed E-state index contributed by atoms with van der Waals surface area (Å²) in [6.45, 7) is 4.71. The van der Waals surface area contributed by atoms with Crippen molar-refractivity contribution >= 4 is 17.8 Å². The van der Waals surface area contributed by atoms with Gasteiger partial charge in [0, 0.05) is 12.6 Å². The van der Waals surface area contributed by atoms with Crippen LogP contribution in [0.15, 0.2) is 60.7 Å². The molecule has 25 heavy (non-hydrogen) atoms. The van der Waals surface area contributed by atoms with Crippen molar-refractivity contribution in [1.29, 1.82) is 0 Å². The van der Waals surface area contributed by atoms with E-state index in [-0.39, 0.29) is 0 Å². The van der Waals surface area contributed by atoms with E-state index < -0.39 is 24.6 Å². The summed E-state index contributed by atoms with van der Waals surface area (Å²) in [5.41, 5.74) is 0.747. The summed E-state index contributed by atoms with van der Waals surface area (Å²) in [7, 11) is 0. The van der Waals surface area contributed by atoms with E-state index in [0.717, 1.165) is 5.69 Å². The van der Waals surface area contributed by atoms with Crippen LogP contribution < -0.4 is 9.64 Å². The molecule has 0 heterocycles. The Morgan fingerprint density at radius 3 is 1.92 bits per heavy atom. The minimum absolute atomic E-state index is 0.388. The van der Waals surface area contributed by atoms with Crippen LogP contribution in [-0.2, 0) is 14.3 Å². The standard InChI is InChI=1S/C19H21NO5/c1-14(23-16(3)21)20(17-10-6-4-7-11-17)15(2)24-19(22)25-18-12-8-5-9-13-18/h4-15H,1-3H3. The third-order valence-electron chi connectivity index (χ3n) is 3.39. The van der Waals surface area contributed by atoms with E-state index in [2.05, 4.69) is 0 Å². The number of ether oxygens (including phenoxy) is 3. The Morgan fingerprint density at radius 2 is 1.36 bits per heavy atom. The maximum Gasteiger partial charge on any atom is 0.515 e. The van der Waals surface area contributed by atoms with Gasteiger partial charge in [0.05, 0.1) is 0 Å². The second-order valence-corrected chi connectivity index (χ2v) is 5.33. The maximum atomic E-state index is 12.0. The SMILES string of the molecule is CC(=O)OC(C)N(c1ccccc1)C(C)OC(=O)Oc1ccccc1. The van der Waals surface area contributed by atoms with Crippen molar-refractivity contribution in [2.24, 2.45) is 0 Å². The molecule has 0 aliphatic rings. The quantitative estimate of drug-likeness (QED) is 0.449. The average Bonchev–Trinajstić information content (AvgIpc) is 2.56. The fourth-order valence-corrected chi connectivity index (χ4v) is 2.42. The van der Waals surface area contributed by atoms with E-state index in [0.29, 0.717) is 5.75 Å². The number of rotatable bonds is 6. The first-order valence-corrected chi connectivity index (χ1v) is 7.91. The first kappa shape index (κ1) is 18.3. The molecular weight excluding hydrogens is 322 g/mol. The van der Waals surface area contributed by atoms with Gasteiger partial charge in [-0.1, -0.05) is 36.4 Å². The van der Waals surface area contributed by atoms with Crippen LogP contribution in [0.4, 0.5) is 10.5 Å². The molecule has 0 aliphatic carbocycles. The van der Waals surface area contributed by atoms with E-state index in [1.54, 1.807) is 43.0 Å². The van der Waals surface area contributed by atoms with Crippen molar-refractivity contribution in [2.75, 3.05) is 4.90 Å². The molecule has 0 saturated heterocycles. The van der Waals surface area contributed by atoms with Crippen molar-refractivity contribution in [3.8, 4) is 5.75 Å². The van der Waals surface area contributed by atoms with E-state index in [4.69, 9.17) is 14.2 Å². The van der Waals surface area contributed by atoms with Gasteiger partial charge >= 0.3 is 12.1 Å². The number of nitrogens with zero attached hydrogens (tertiary/aromatic N) is 1. The van der Waals surface area contributed by atoms with Crippen LogP contribution >= 0.6 is 0 Å². The molecule has 0 N–H and O–H groups in total. The number of hydrogen-bond acceptors (Lipinski definition) is 6. The van der Waals surface area contributed by atoms with Crippen molar-refractivity contribution in [1.82, 2.24) is 0 Å². The molecule has 0 spiro atoms. The van der Waals surface area contributed by atoms with Crippen LogP contribution in [0.5, 0.6) is 5.75 Å². The van der Waals surface area contributed by atoms with E-state index in [9.17, 15) is 9.59 Å². The van der Waals surface area contributed by atoms with Crippen LogP contribution in [0.3, 0.4) is 0 Å². The maximum absolute atomic E-state index is 12.0. The summed E-state index contributed by atoms with van der Waals surface area (Å²) in [5.74, 6) is -0.0357. The molecule has 2 unspecified atom stereocenters. The zero-order valence-corrected chi connectivity index (χ0v) is 14.4. The number of anilines is 1. The molecule has 2 rings (SSSR count). The van der Waals surface area contributed by atoms with Crippen LogP contribution in [-0.4, -0.2) is 24.6 Å². The Balaban J connectivity index is 2.10. The van der Waals surface area contributed by atoms with Crippen molar-refractivity contribution in [3.05, 3.63) is 60.7 Å². The lowest BCUT2D eigenvalue weighted by atomic mass is 10.2. The molecular formula is C19H21NO5. The first-order valence-electron chi connectivity index (χ1n) is 7.91. The second-order valence-electron chi connectivity index (χ2n) is 5.33. The summed E-state index contributed by atoms with van der Waals surface area (Å²) in [4.78, 5) is 25.0. The van der Waals surface area contributed by atoms with Crippen molar-refractivity contribution in [2.45, 2.75) is 33.2 Å². The van der Waals surface area contributed by atoms with Gasteiger partial charge in [-0.25, -0.2) is 4.79 Å². The zero-order chi connectivity index (χ0) is 18.2. The molecule has 0 aliphatic heterocycles. The van der Waals surface area contributed by atoms with E-state index in [1.165, 1.54) is 6.92 Å². The molecule has 0 amide bonds. The van der Waals surface area contributed by atoms with Gasteiger partial charge in [0.1, 0.15) is 5.75 Å². The molecule has 2 atom stereocenters. The molecule has 0 radical (unpaired) electrons.